The van der Waals surface area contributed by atoms with E-state index in [2.05, 4.69) is 22.1 Å². The summed E-state index contributed by atoms with van der Waals surface area (Å²) in [7, 11) is 1.94. The molecule has 0 fully saturated rings. The molecule has 3 aromatic rings. The number of nitrogens with zero attached hydrogens (tertiary/aromatic N) is 3. The fourth-order valence-electron chi connectivity index (χ4n) is 1.34. The minimum absolute atomic E-state index is 0. The molecular formula is C14H17N3. The van der Waals surface area contributed by atoms with Gasteiger partial charge in [-0.25, -0.2) is 4.98 Å². The highest BCUT2D eigenvalue weighted by Crippen LogP contribution is 2.07. The number of hydrogen-bond donors (Lipinski definition) is 0. The molecule has 0 aliphatic carbocycles. The van der Waals surface area contributed by atoms with E-state index in [1.165, 1.54) is 5.39 Å². The van der Waals surface area contributed by atoms with Gasteiger partial charge in [-0.2, -0.15) is 0 Å². The molecule has 0 saturated carbocycles. The van der Waals surface area contributed by atoms with Gasteiger partial charge in [0.25, 0.3) is 0 Å². The first-order valence-corrected chi connectivity index (χ1v) is 5.08. The van der Waals surface area contributed by atoms with Crippen LogP contribution in [0.1, 0.15) is 7.43 Å². The summed E-state index contributed by atoms with van der Waals surface area (Å²) in [6.07, 6.45) is 7.20. The summed E-state index contributed by atoms with van der Waals surface area (Å²) < 4.78 is 1.89. The van der Waals surface area contributed by atoms with Crippen molar-refractivity contribution < 1.29 is 0 Å². The van der Waals surface area contributed by atoms with Crippen molar-refractivity contribution in [2.24, 2.45) is 7.05 Å². The smallest absolute Gasteiger partial charge is 0.0943 e. The van der Waals surface area contributed by atoms with E-state index < -0.39 is 0 Å². The Kier molecular flexibility index (Phi) is 4.88. The highest BCUT2D eigenvalue weighted by atomic mass is 15.0. The van der Waals surface area contributed by atoms with Gasteiger partial charge in [0.15, 0.2) is 0 Å². The van der Waals surface area contributed by atoms with E-state index in [0.29, 0.717) is 0 Å². The lowest BCUT2D eigenvalue weighted by atomic mass is 10.2. The molecule has 3 rings (SSSR count). The molecule has 0 atom stereocenters. The van der Waals surface area contributed by atoms with Crippen LogP contribution in [0.25, 0.3) is 10.9 Å². The second-order valence-corrected chi connectivity index (χ2v) is 3.42. The summed E-state index contributed by atoms with van der Waals surface area (Å²) in [6.45, 7) is 0. The van der Waals surface area contributed by atoms with Crippen LogP contribution in [0.15, 0.2) is 61.3 Å². The predicted molar refractivity (Wildman–Crippen MR) is 71.7 cm³/mol. The monoisotopic (exact) mass is 227 g/mol. The van der Waals surface area contributed by atoms with Gasteiger partial charge in [0.2, 0.25) is 0 Å². The molecule has 1 aromatic carbocycles. The Morgan fingerprint density at radius 3 is 2.35 bits per heavy atom. The molecule has 88 valence electrons. The molecule has 0 unspecified atom stereocenters. The topological polar surface area (TPSA) is 30.7 Å². The number of pyridine rings is 1. The zero-order chi connectivity index (χ0) is 11.2. The largest absolute Gasteiger partial charge is 0.341 e. The summed E-state index contributed by atoms with van der Waals surface area (Å²) in [5, 5.41) is 1.20. The number of rotatable bonds is 0. The van der Waals surface area contributed by atoms with Gasteiger partial charge in [0.1, 0.15) is 0 Å². The molecule has 3 heteroatoms. The maximum Gasteiger partial charge on any atom is 0.0943 e. The van der Waals surface area contributed by atoms with E-state index in [1.807, 2.05) is 48.3 Å². The first kappa shape index (κ1) is 12.9. The van der Waals surface area contributed by atoms with Crippen LogP contribution >= 0.6 is 0 Å². The van der Waals surface area contributed by atoms with Crippen molar-refractivity contribution in [3.05, 3.63) is 61.3 Å². The summed E-state index contributed by atoms with van der Waals surface area (Å²) in [6, 6.07) is 12.1. The van der Waals surface area contributed by atoms with Crippen LogP contribution in [-0.4, -0.2) is 14.5 Å². The summed E-state index contributed by atoms with van der Waals surface area (Å²) in [5.41, 5.74) is 1.06. The van der Waals surface area contributed by atoms with Crippen molar-refractivity contribution in [3.8, 4) is 0 Å². The quantitative estimate of drug-likeness (QED) is 0.590. The molecule has 0 saturated heterocycles. The van der Waals surface area contributed by atoms with E-state index in [-0.39, 0.29) is 7.43 Å². The first-order chi connectivity index (χ1) is 7.86. The first-order valence-electron chi connectivity index (χ1n) is 5.08. The van der Waals surface area contributed by atoms with Crippen LogP contribution < -0.4 is 0 Å². The average molecular weight is 227 g/mol. The van der Waals surface area contributed by atoms with E-state index in [4.69, 9.17) is 0 Å². The van der Waals surface area contributed by atoms with Crippen molar-refractivity contribution in [2.75, 3.05) is 0 Å². The fourth-order valence-corrected chi connectivity index (χ4v) is 1.34. The zero-order valence-electron chi connectivity index (χ0n) is 9.12. The molecule has 2 aromatic heterocycles. The highest BCUT2D eigenvalue weighted by molar-refractivity contribution is 5.77. The molecule has 0 N–H and O–H groups in total. The van der Waals surface area contributed by atoms with Gasteiger partial charge >= 0.3 is 0 Å². The van der Waals surface area contributed by atoms with Crippen molar-refractivity contribution in [3.63, 3.8) is 0 Å². The second-order valence-electron chi connectivity index (χ2n) is 3.42. The highest BCUT2D eigenvalue weighted by Gasteiger charge is 1.86. The number of aromatic nitrogens is 3. The Bertz CT molecular complexity index is 479. The lowest BCUT2D eigenvalue weighted by Crippen LogP contribution is -1.76. The number of benzene rings is 1. The van der Waals surface area contributed by atoms with Crippen molar-refractivity contribution in [2.45, 2.75) is 7.43 Å². The van der Waals surface area contributed by atoms with Gasteiger partial charge < -0.3 is 4.57 Å². The third kappa shape index (κ3) is 3.72. The van der Waals surface area contributed by atoms with Gasteiger partial charge in [0.05, 0.1) is 11.8 Å². The van der Waals surface area contributed by atoms with Gasteiger partial charge in [-0.3, -0.25) is 4.98 Å². The van der Waals surface area contributed by atoms with Crippen molar-refractivity contribution in [1.29, 1.82) is 0 Å². The Labute approximate surface area is 102 Å². The van der Waals surface area contributed by atoms with E-state index in [9.17, 15) is 0 Å². The zero-order valence-corrected chi connectivity index (χ0v) is 9.12. The van der Waals surface area contributed by atoms with Crippen LogP contribution in [-0.2, 0) is 7.05 Å². The Morgan fingerprint density at radius 1 is 1.00 bits per heavy atom. The van der Waals surface area contributed by atoms with Crippen molar-refractivity contribution >= 4 is 10.9 Å². The maximum absolute atomic E-state index is 4.18. The predicted octanol–water partition coefficient (Wildman–Crippen LogP) is 3.29. The number of hydrogen-bond acceptors (Lipinski definition) is 2. The second kappa shape index (κ2) is 6.43. The molecule has 0 aliphatic heterocycles. The van der Waals surface area contributed by atoms with Gasteiger partial charge in [-0.1, -0.05) is 31.7 Å². The summed E-state index contributed by atoms with van der Waals surface area (Å²) in [4.78, 5) is 7.97. The molecular weight excluding hydrogens is 210 g/mol. The number of fused-ring (bicyclic) bond motifs is 1. The van der Waals surface area contributed by atoms with E-state index in [0.717, 1.165) is 5.52 Å². The van der Waals surface area contributed by atoms with Crippen LogP contribution in [0.2, 0.25) is 0 Å². The minimum atomic E-state index is 0. The Balaban J connectivity index is 0.000000180. The van der Waals surface area contributed by atoms with E-state index in [1.54, 1.807) is 12.5 Å². The minimum Gasteiger partial charge on any atom is -0.341 e. The van der Waals surface area contributed by atoms with Crippen LogP contribution in [0, 0.1) is 0 Å². The fraction of sp³-hybridized carbons (Fsp3) is 0.143. The molecule has 3 nitrogen and oxygen atoms in total. The molecule has 2 heterocycles. The molecule has 0 amide bonds. The van der Waals surface area contributed by atoms with E-state index >= 15 is 0 Å². The average Bonchev–Trinajstić information content (AvgIpc) is 2.81. The number of aryl methyl sites for hydroxylation is 1. The maximum atomic E-state index is 4.18. The molecule has 0 aliphatic rings. The molecule has 0 bridgehead atoms. The molecule has 17 heavy (non-hydrogen) atoms. The summed E-state index contributed by atoms with van der Waals surface area (Å²) in [5.74, 6) is 0. The Morgan fingerprint density at radius 2 is 1.76 bits per heavy atom. The van der Waals surface area contributed by atoms with Gasteiger partial charge in [-0.15, -0.1) is 0 Å². The lowest BCUT2D eigenvalue weighted by Gasteiger charge is -1.91. The number of imidazole rings is 1. The summed E-state index contributed by atoms with van der Waals surface area (Å²) >= 11 is 0. The van der Waals surface area contributed by atoms with Crippen LogP contribution in [0.5, 0.6) is 0 Å². The normalized spacial score (nSPS) is 9.00. The Hall–Kier alpha value is -2.16. The third-order valence-electron chi connectivity index (χ3n) is 2.15. The lowest BCUT2D eigenvalue weighted by molar-refractivity contribution is 0.913. The van der Waals surface area contributed by atoms with Gasteiger partial charge in [-0.05, 0) is 12.1 Å². The van der Waals surface area contributed by atoms with Crippen LogP contribution in [0.4, 0.5) is 0 Å². The third-order valence-corrected chi connectivity index (χ3v) is 2.15. The molecule has 0 radical (unpaired) electrons. The van der Waals surface area contributed by atoms with Crippen molar-refractivity contribution in [1.82, 2.24) is 14.5 Å². The standard InChI is InChI=1S/C9H7N.C4H6N2.CH4/c1-2-6-9-8(4-1)5-3-7-10-9;1-6-3-2-5-4-6;/h1-7H;2-4H,1H3;1H4. The molecule has 0 spiro atoms. The van der Waals surface area contributed by atoms with Crippen LogP contribution in [0.3, 0.4) is 0 Å². The SMILES string of the molecule is C.Cn1ccnc1.c1ccc2ncccc2c1. The number of para-hydroxylation sites is 1. The van der Waals surface area contributed by atoms with Gasteiger partial charge in [0, 0.05) is 31.0 Å².